The summed E-state index contributed by atoms with van der Waals surface area (Å²) in [5, 5.41) is 0. The molecule has 9 heavy (non-hydrogen) atoms. The van der Waals surface area contributed by atoms with Crippen molar-refractivity contribution in [1.29, 1.82) is 0 Å². The number of halogens is 2. The van der Waals surface area contributed by atoms with Crippen molar-refractivity contribution in [2.24, 2.45) is 5.92 Å². The molecular weight excluding hydrogens is 155 g/mol. The van der Waals surface area contributed by atoms with Crippen molar-refractivity contribution < 1.29 is 0 Å². The minimum absolute atomic E-state index is 0.131. The molecule has 1 rings (SSSR count). The first-order valence-electron chi connectivity index (χ1n) is 3.57. The summed E-state index contributed by atoms with van der Waals surface area (Å²) in [5.41, 5.74) is 0. The Labute approximate surface area is 66.5 Å². The van der Waals surface area contributed by atoms with Crippen molar-refractivity contribution >= 4 is 23.2 Å². The highest BCUT2D eigenvalue weighted by molar-refractivity contribution is 6.44. The SMILES string of the molecule is ClC(Cl)CC1CCCC1. The Morgan fingerprint density at radius 2 is 1.78 bits per heavy atom. The molecule has 0 atom stereocenters. The van der Waals surface area contributed by atoms with E-state index in [1.54, 1.807) is 0 Å². The molecule has 0 nitrogen and oxygen atoms in total. The molecular formula is C7H12Cl2. The minimum atomic E-state index is -0.131. The van der Waals surface area contributed by atoms with Crippen LogP contribution in [-0.2, 0) is 0 Å². The Morgan fingerprint density at radius 1 is 1.22 bits per heavy atom. The van der Waals surface area contributed by atoms with Gasteiger partial charge in [-0.05, 0) is 12.3 Å². The molecule has 0 saturated heterocycles. The molecule has 0 radical (unpaired) electrons. The monoisotopic (exact) mass is 166 g/mol. The van der Waals surface area contributed by atoms with E-state index in [-0.39, 0.29) is 4.84 Å². The fourth-order valence-corrected chi connectivity index (χ4v) is 2.00. The summed E-state index contributed by atoms with van der Waals surface area (Å²) in [7, 11) is 0. The summed E-state index contributed by atoms with van der Waals surface area (Å²) >= 11 is 11.2. The lowest BCUT2D eigenvalue weighted by Gasteiger charge is -2.07. The summed E-state index contributed by atoms with van der Waals surface area (Å²) in [6.07, 6.45) is 6.45. The summed E-state index contributed by atoms with van der Waals surface area (Å²) < 4.78 is 0. The van der Waals surface area contributed by atoms with E-state index in [0.29, 0.717) is 0 Å². The summed E-state index contributed by atoms with van der Waals surface area (Å²) in [5.74, 6) is 0.824. The van der Waals surface area contributed by atoms with Gasteiger partial charge >= 0.3 is 0 Å². The average Bonchev–Trinajstić information content (AvgIpc) is 2.15. The molecule has 0 aromatic heterocycles. The van der Waals surface area contributed by atoms with Crippen molar-refractivity contribution in [2.75, 3.05) is 0 Å². The number of hydrogen-bond donors (Lipinski definition) is 0. The van der Waals surface area contributed by atoms with Gasteiger partial charge in [-0.2, -0.15) is 0 Å². The van der Waals surface area contributed by atoms with E-state index >= 15 is 0 Å². The second-order valence-corrected chi connectivity index (χ2v) is 4.05. The van der Waals surface area contributed by atoms with Gasteiger partial charge in [-0.25, -0.2) is 0 Å². The lowest BCUT2D eigenvalue weighted by Crippen LogP contribution is -1.98. The van der Waals surface area contributed by atoms with Gasteiger partial charge in [-0.15, -0.1) is 23.2 Å². The Kier molecular flexibility index (Phi) is 3.14. The average molecular weight is 167 g/mol. The lowest BCUT2D eigenvalue weighted by molar-refractivity contribution is 0.523. The highest BCUT2D eigenvalue weighted by Crippen LogP contribution is 2.30. The Hall–Kier alpha value is 0.580. The topological polar surface area (TPSA) is 0 Å². The van der Waals surface area contributed by atoms with Crippen molar-refractivity contribution in [3.05, 3.63) is 0 Å². The zero-order valence-corrected chi connectivity index (χ0v) is 6.96. The van der Waals surface area contributed by atoms with Gasteiger partial charge in [0, 0.05) is 0 Å². The lowest BCUT2D eigenvalue weighted by atomic mass is 10.1. The van der Waals surface area contributed by atoms with Crippen molar-refractivity contribution in [1.82, 2.24) is 0 Å². The molecule has 0 spiro atoms. The Balaban J connectivity index is 2.11. The van der Waals surface area contributed by atoms with Crippen molar-refractivity contribution in [3.8, 4) is 0 Å². The molecule has 0 aromatic carbocycles. The molecule has 1 aliphatic carbocycles. The van der Waals surface area contributed by atoms with Gasteiger partial charge in [0.05, 0.1) is 0 Å². The maximum atomic E-state index is 5.62. The zero-order valence-electron chi connectivity index (χ0n) is 5.45. The number of alkyl halides is 2. The highest BCUT2D eigenvalue weighted by atomic mass is 35.5. The van der Waals surface area contributed by atoms with Crippen molar-refractivity contribution in [3.63, 3.8) is 0 Å². The molecule has 0 amide bonds. The van der Waals surface area contributed by atoms with Crippen LogP contribution in [0.15, 0.2) is 0 Å². The van der Waals surface area contributed by atoms with Crippen molar-refractivity contribution in [2.45, 2.75) is 36.9 Å². The van der Waals surface area contributed by atoms with Crippen LogP contribution < -0.4 is 0 Å². The summed E-state index contributed by atoms with van der Waals surface area (Å²) in [4.78, 5) is -0.131. The van der Waals surface area contributed by atoms with Crippen LogP contribution >= 0.6 is 23.2 Å². The van der Waals surface area contributed by atoms with Gasteiger partial charge in [-0.1, -0.05) is 25.7 Å². The zero-order chi connectivity index (χ0) is 6.69. The first-order chi connectivity index (χ1) is 4.29. The molecule has 0 bridgehead atoms. The fraction of sp³-hybridized carbons (Fsp3) is 1.00. The summed E-state index contributed by atoms with van der Waals surface area (Å²) in [6, 6.07) is 0. The van der Waals surface area contributed by atoms with Crippen LogP contribution in [0.5, 0.6) is 0 Å². The number of rotatable bonds is 2. The van der Waals surface area contributed by atoms with Gasteiger partial charge < -0.3 is 0 Å². The first-order valence-corrected chi connectivity index (χ1v) is 4.44. The normalized spacial score (nSPS) is 21.7. The predicted molar refractivity (Wildman–Crippen MR) is 42.1 cm³/mol. The quantitative estimate of drug-likeness (QED) is 0.553. The maximum Gasteiger partial charge on any atom is 0.108 e. The standard InChI is InChI=1S/C7H12Cl2/c8-7(9)5-6-3-1-2-4-6/h6-7H,1-5H2. The second-order valence-electron chi connectivity index (χ2n) is 2.78. The van der Waals surface area contributed by atoms with Crippen LogP contribution in [0.2, 0.25) is 0 Å². The predicted octanol–water partition coefficient (Wildman–Crippen LogP) is 3.37. The van der Waals surface area contributed by atoms with E-state index < -0.39 is 0 Å². The molecule has 1 fully saturated rings. The molecule has 0 heterocycles. The van der Waals surface area contributed by atoms with Crippen LogP contribution in [0.25, 0.3) is 0 Å². The van der Waals surface area contributed by atoms with E-state index in [0.717, 1.165) is 12.3 Å². The minimum Gasteiger partial charge on any atom is -0.105 e. The van der Waals surface area contributed by atoms with E-state index in [9.17, 15) is 0 Å². The Bertz CT molecular complexity index is 75.0. The van der Waals surface area contributed by atoms with Crippen LogP contribution in [0.3, 0.4) is 0 Å². The molecule has 1 saturated carbocycles. The molecule has 0 unspecified atom stereocenters. The first kappa shape index (κ1) is 7.68. The third-order valence-electron chi connectivity index (χ3n) is 1.99. The Morgan fingerprint density at radius 3 is 2.22 bits per heavy atom. The smallest absolute Gasteiger partial charge is 0.105 e. The molecule has 2 heteroatoms. The van der Waals surface area contributed by atoms with Crippen LogP contribution in [0, 0.1) is 5.92 Å². The van der Waals surface area contributed by atoms with Gasteiger partial charge in [0.25, 0.3) is 0 Å². The maximum absolute atomic E-state index is 5.62. The van der Waals surface area contributed by atoms with Gasteiger partial charge in [0.1, 0.15) is 4.84 Å². The third-order valence-corrected chi connectivity index (χ3v) is 2.34. The number of hydrogen-bond acceptors (Lipinski definition) is 0. The van der Waals surface area contributed by atoms with Gasteiger partial charge in [-0.3, -0.25) is 0 Å². The summed E-state index contributed by atoms with van der Waals surface area (Å²) in [6.45, 7) is 0. The second kappa shape index (κ2) is 3.68. The molecule has 0 aromatic rings. The largest absolute Gasteiger partial charge is 0.108 e. The van der Waals surface area contributed by atoms with Crippen LogP contribution in [-0.4, -0.2) is 4.84 Å². The van der Waals surface area contributed by atoms with Gasteiger partial charge in [0.15, 0.2) is 0 Å². The highest BCUT2D eigenvalue weighted by Gasteiger charge is 2.16. The molecule has 0 N–H and O–H groups in total. The van der Waals surface area contributed by atoms with E-state index in [2.05, 4.69) is 0 Å². The van der Waals surface area contributed by atoms with E-state index in [1.165, 1.54) is 25.7 Å². The molecule has 1 aliphatic rings. The van der Waals surface area contributed by atoms with Gasteiger partial charge in [0.2, 0.25) is 0 Å². The molecule has 54 valence electrons. The van der Waals surface area contributed by atoms with E-state index in [1.807, 2.05) is 0 Å². The van der Waals surface area contributed by atoms with Crippen LogP contribution in [0.1, 0.15) is 32.1 Å². The van der Waals surface area contributed by atoms with Crippen LogP contribution in [0.4, 0.5) is 0 Å². The fourth-order valence-electron chi connectivity index (χ4n) is 1.50. The van der Waals surface area contributed by atoms with E-state index in [4.69, 9.17) is 23.2 Å². The third kappa shape index (κ3) is 2.77. The molecule has 0 aliphatic heterocycles.